The fraction of sp³-hybridized carbons (Fsp3) is 0.625. The Bertz CT molecular complexity index is 477. The van der Waals surface area contributed by atoms with Gasteiger partial charge in [-0.05, 0) is 11.8 Å². The van der Waals surface area contributed by atoms with E-state index in [1.807, 2.05) is 33.0 Å². The molecule has 1 heterocycles. The summed E-state index contributed by atoms with van der Waals surface area (Å²) in [6, 6.07) is 0. The molecule has 0 aliphatic carbocycles. The number of carboxylic acid groups (broad SMARTS) is 1. The number of alkyl carbamates (subject to hydrolysis) is 1. The molecule has 1 unspecified atom stereocenters. The van der Waals surface area contributed by atoms with Crippen LogP contribution in [0.2, 0.25) is 0 Å². The van der Waals surface area contributed by atoms with Crippen LogP contribution >= 0.6 is 0 Å². The maximum atomic E-state index is 11.4. The minimum Gasteiger partial charge on any atom is -0.481 e. The van der Waals surface area contributed by atoms with Gasteiger partial charge in [-0.1, -0.05) is 34.1 Å². The van der Waals surface area contributed by atoms with Crippen molar-refractivity contribution >= 4 is 23.9 Å². The number of aliphatic carboxylic acids is 1. The van der Waals surface area contributed by atoms with E-state index in [9.17, 15) is 19.2 Å². The number of hydrogen-bond donors (Lipinski definition) is 3. The Hall–Kier alpha value is -2.38. The van der Waals surface area contributed by atoms with Gasteiger partial charge in [0.05, 0.1) is 6.42 Å². The first-order valence-corrected chi connectivity index (χ1v) is 7.75. The highest BCUT2D eigenvalue weighted by atomic mass is 16.6. The van der Waals surface area contributed by atoms with Crippen molar-refractivity contribution in [2.24, 2.45) is 5.41 Å². The molecule has 1 rings (SSSR count). The van der Waals surface area contributed by atoms with E-state index in [0.717, 1.165) is 12.8 Å². The van der Waals surface area contributed by atoms with Crippen LogP contribution in [0.15, 0.2) is 12.2 Å². The van der Waals surface area contributed by atoms with Gasteiger partial charge in [0.1, 0.15) is 6.10 Å². The first kappa shape index (κ1) is 21.6. The summed E-state index contributed by atoms with van der Waals surface area (Å²) in [7, 11) is 0. The zero-order valence-corrected chi connectivity index (χ0v) is 14.5. The molecule has 0 aromatic carbocycles. The fourth-order valence-corrected chi connectivity index (χ4v) is 1.73. The van der Waals surface area contributed by atoms with Crippen molar-refractivity contribution in [3.05, 3.63) is 12.2 Å². The predicted octanol–water partition coefficient (Wildman–Crippen LogP) is 1.60. The largest absolute Gasteiger partial charge is 0.481 e. The summed E-state index contributed by atoms with van der Waals surface area (Å²) in [4.78, 5) is 41.8. The zero-order valence-electron chi connectivity index (χ0n) is 14.5. The Kier molecular flexibility index (Phi) is 9.37. The van der Waals surface area contributed by atoms with Crippen LogP contribution in [0.5, 0.6) is 0 Å². The van der Waals surface area contributed by atoms with Gasteiger partial charge in [-0.25, -0.2) is 4.79 Å². The standard InChI is InChI=1S/C12H23NO4.C4H3NO2/c1-5-6-9(12(2,3)4)17-11(16)13-8-7-10(14)15;6-3-1-2-4(7)5-3/h9H,5-8H2,1-4H3,(H,13,16)(H,14,15);1-2H,(H,5,6,7). The van der Waals surface area contributed by atoms with Crippen LogP contribution in [0, 0.1) is 5.41 Å². The maximum absolute atomic E-state index is 11.4. The molecule has 1 atom stereocenters. The molecule has 0 bridgehead atoms. The minimum atomic E-state index is -0.939. The molecule has 136 valence electrons. The lowest BCUT2D eigenvalue weighted by molar-refractivity contribution is -0.136. The van der Waals surface area contributed by atoms with E-state index in [1.165, 1.54) is 12.2 Å². The van der Waals surface area contributed by atoms with Gasteiger partial charge in [0.2, 0.25) is 0 Å². The number of hydrogen-bond acceptors (Lipinski definition) is 5. The molecule has 3 amide bonds. The molecule has 3 N–H and O–H groups in total. The Morgan fingerprint density at radius 2 is 1.79 bits per heavy atom. The molecular formula is C16H26N2O6. The molecule has 1 aliphatic heterocycles. The Balaban J connectivity index is 0.000000620. The molecule has 0 spiro atoms. The van der Waals surface area contributed by atoms with Crippen LogP contribution in [-0.4, -0.2) is 41.6 Å². The zero-order chi connectivity index (χ0) is 18.8. The summed E-state index contributed by atoms with van der Waals surface area (Å²) in [5.74, 6) is -1.60. The fourth-order valence-electron chi connectivity index (χ4n) is 1.73. The van der Waals surface area contributed by atoms with Crippen LogP contribution in [0.3, 0.4) is 0 Å². The number of carbonyl (C=O) groups is 4. The highest BCUT2D eigenvalue weighted by Gasteiger charge is 2.27. The molecule has 0 fully saturated rings. The summed E-state index contributed by atoms with van der Waals surface area (Å²) in [5, 5.41) is 12.9. The molecule has 8 heteroatoms. The summed E-state index contributed by atoms with van der Waals surface area (Å²) < 4.78 is 5.29. The average molecular weight is 342 g/mol. The van der Waals surface area contributed by atoms with Crippen molar-refractivity contribution in [2.75, 3.05) is 6.54 Å². The lowest BCUT2D eigenvalue weighted by Crippen LogP contribution is -2.36. The molecule has 0 aromatic rings. The summed E-state index contributed by atoms with van der Waals surface area (Å²) in [5.41, 5.74) is -0.111. The number of carboxylic acids is 1. The van der Waals surface area contributed by atoms with Crippen molar-refractivity contribution in [1.29, 1.82) is 0 Å². The number of imide groups is 1. The Morgan fingerprint density at radius 3 is 2.12 bits per heavy atom. The van der Waals surface area contributed by atoms with Gasteiger partial charge in [0, 0.05) is 18.7 Å². The van der Waals surface area contributed by atoms with Crippen LogP contribution in [-0.2, 0) is 19.1 Å². The van der Waals surface area contributed by atoms with Crippen molar-refractivity contribution in [1.82, 2.24) is 10.6 Å². The topological polar surface area (TPSA) is 122 Å². The van der Waals surface area contributed by atoms with Gasteiger partial charge < -0.3 is 15.2 Å². The minimum absolute atomic E-state index is 0.0942. The van der Waals surface area contributed by atoms with Crippen molar-refractivity contribution in [2.45, 2.75) is 53.1 Å². The summed E-state index contributed by atoms with van der Waals surface area (Å²) in [6.07, 6.45) is 3.34. The molecule has 0 saturated heterocycles. The molecule has 1 aliphatic rings. The molecule has 0 radical (unpaired) electrons. The average Bonchev–Trinajstić information content (AvgIpc) is 2.81. The number of nitrogens with one attached hydrogen (secondary N) is 2. The van der Waals surface area contributed by atoms with Gasteiger partial charge in [-0.2, -0.15) is 0 Å². The van der Waals surface area contributed by atoms with Gasteiger partial charge in [-0.3, -0.25) is 19.7 Å². The SMILES string of the molecule is CCCC(OC(=O)NCCC(=O)O)C(C)(C)C.O=C1C=CC(=O)N1. The quantitative estimate of drug-likeness (QED) is 0.630. The molecule has 8 nitrogen and oxygen atoms in total. The van der Waals surface area contributed by atoms with Crippen LogP contribution in [0.25, 0.3) is 0 Å². The normalized spacial score (nSPS) is 14.3. The second kappa shape index (κ2) is 10.4. The molecule has 24 heavy (non-hydrogen) atoms. The number of carbonyl (C=O) groups excluding carboxylic acids is 3. The van der Waals surface area contributed by atoms with Crippen LogP contribution in [0.1, 0.15) is 47.0 Å². The highest BCUT2D eigenvalue weighted by Crippen LogP contribution is 2.25. The molecule has 0 saturated carbocycles. The molecule has 0 aromatic heterocycles. The lowest BCUT2D eigenvalue weighted by atomic mass is 9.86. The van der Waals surface area contributed by atoms with E-state index in [1.54, 1.807) is 0 Å². The van der Waals surface area contributed by atoms with Crippen LogP contribution in [0.4, 0.5) is 4.79 Å². The van der Waals surface area contributed by atoms with Gasteiger partial charge in [-0.15, -0.1) is 0 Å². The van der Waals surface area contributed by atoms with Crippen molar-refractivity contribution in [3.63, 3.8) is 0 Å². The second-order valence-electron chi connectivity index (χ2n) is 6.31. The third-order valence-electron chi connectivity index (χ3n) is 3.01. The van der Waals surface area contributed by atoms with E-state index in [0.29, 0.717) is 0 Å². The first-order chi connectivity index (χ1) is 11.1. The van der Waals surface area contributed by atoms with Gasteiger partial charge in [0.15, 0.2) is 0 Å². The van der Waals surface area contributed by atoms with Crippen LogP contribution < -0.4 is 10.6 Å². The van der Waals surface area contributed by atoms with Crippen molar-refractivity contribution in [3.8, 4) is 0 Å². The molecular weight excluding hydrogens is 316 g/mol. The third kappa shape index (κ3) is 10.4. The lowest BCUT2D eigenvalue weighted by Gasteiger charge is -2.30. The number of ether oxygens (including phenoxy) is 1. The second-order valence-corrected chi connectivity index (χ2v) is 6.31. The highest BCUT2D eigenvalue weighted by molar-refractivity contribution is 6.12. The van der Waals surface area contributed by atoms with E-state index >= 15 is 0 Å². The summed E-state index contributed by atoms with van der Waals surface area (Å²) in [6.45, 7) is 8.16. The number of rotatable bonds is 6. The van der Waals surface area contributed by atoms with Gasteiger partial charge >= 0.3 is 12.1 Å². The van der Waals surface area contributed by atoms with E-state index in [-0.39, 0.29) is 36.3 Å². The van der Waals surface area contributed by atoms with E-state index < -0.39 is 12.1 Å². The maximum Gasteiger partial charge on any atom is 0.407 e. The first-order valence-electron chi connectivity index (χ1n) is 7.75. The Labute approximate surface area is 141 Å². The third-order valence-corrected chi connectivity index (χ3v) is 3.01. The predicted molar refractivity (Wildman–Crippen MR) is 87.2 cm³/mol. The number of amides is 3. The van der Waals surface area contributed by atoms with Gasteiger partial charge in [0.25, 0.3) is 11.8 Å². The van der Waals surface area contributed by atoms with E-state index in [2.05, 4.69) is 5.32 Å². The van der Waals surface area contributed by atoms with Crippen molar-refractivity contribution < 1.29 is 29.0 Å². The van der Waals surface area contributed by atoms with E-state index in [4.69, 9.17) is 9.84 Å². The Morgan fingerprint density at radius 1 is 1.25 bits per heavy atom. The smallest absolute Gasteiger partial charge is 0.407 e. The summed E-state index contributed by atoms with van der Waals surface area (Å²) >= 11 is 0. The monoisotopic (exact) mass is 342 g/mol.